The van der Waals surface area contributed by atoms with Gasteiger partial charge in [-0.15, -0.1) is 11.8 Å². The van der Waals surface area contributed by atoms with Crippen molar-refractivity contribution in [2.75, 3.05) is 5.88 Å². The highest BCUT2D eigenvalue weighted by molar-refractivity contribution is 8.00. The number of nitrogens with one attached hydrogen (secondary N) is 3. The molecule has 4 N–H and O–H groups in total. The summed E-state index contributed by atoms with van der Waals surface area (Å²) >= 11 is 1.49. The van der Waals surface area contributed by atoms with Crippen molar-refractivity contribution < 1.29 is 19.5 Å². The second-order valence-electron chi connectivity index (χ2n) is 11.7. The van der Waals surface area contributed by atoms with Gasteiger partial charge in [0, 0.05) is 17.8 Å². The molecule has 0 saturated carbocycles. The molecule has 0 aromatic heterocycles. The third-order valence-electron chi connectivity index (χ3n) is 7.98. The summed E-state index contributed by atoms with van der Waals surface area (Å²) in [5.41, 5.74) is 6.11. The number of carbonyl (C=O) groups excluding carboxylic acids is 3. The van der Waals surface area contributed by atoms with Crippen LogP contribution in [0.3, 0.4) is 0 Å². The van der Waals surface area contributed by atoms with E-state index in [2.05, 4.69) is 22.0 Å². The van der Waals surface area contributed by atoms with E-state index < -0.39 is 34.9 Å². The molecular formula is C34H42N4O4S. The maximum absolute atomic E-state index is 13.9. The van der Waals surface area contributed by atoms with Gasteiger partial charge in [0.25, 0.3) is 5.91 Å². The predicted molar refractivity (Wildman–Crippen MR) is 171 cm³/mol. The minimum Gasteiger partial charge on any atom is -0.381 e. The largest absolute Gasteiger partial charge is 0.381 e. The van der Waals surface area contributed by atoms with Crippen molar-refractivity contribution in [1.82, 2.24) is 20.9 Å². The number of nitrogens with zero attached hydrogens (tertiary/aromatic N) is 1. The van der Waals surface area contributed by atoms with Crippen LogP contribution >= 0.6 is 11.8 Å². The van der Waals surface area contributed by atoms with E-state index in [1.165, 1.54) is 16.7 Å². The standard InChI is InChI=1S/C34H42N4O4S/c1-22-15-16-27(24(3)17-22)20-36-33(42)37-28(18-25-12-7-6-8-13-25)29(39)32(41)38-21-43-34(4,5)30(38)31(40)35-19-26-14-10-9-11-23(26)2/h6-17,28-30,39H,18-21H2,1-5H3,(H,35,40)(H2,36,37,42)/t28-,29-,30+/m0/s1. The Hall–Kier alpha value is -3.82. The number of carbonyl (C=O) groups is 3. The molecule has 9 heteroatoms. The lowest BCUT2D eigenvalue weighted by molar-refractivity contribution is -0.147. The van der Waals surface area contributed by atoms with E-state index in [4.69, 9.17) is 0 Å². The second-order valence-corrected chi connectivity index (χ2v) is 13.3. The summed E-state index contributed by atoms with van der Waals surface area (Å²) in [7, 11) is 0. The van der Waals surface area contributed by atoms with Gasteiger partial charge in [-0.3, -0.25) is 9.59 Å². The van der Waals surface area contributed by atoms with Gasteiger partial charge in [0.15, 0.2) is 6.10 Å². The first-order valence-corrected chi connectivity index (χ1v) is 15.5. The fourth-order valence-electron chi connectivity index (χ4n) is 5.39. The van der Waals surface area contributed by atoms with Crippen LogP contribution in [-0.4, -0.2) is 56.7 Å². The van der Waals surface area contributed by atoms with Crippen molar-refractivity contribution in [2.45, 2.75) is 77.1 Å². The first-order chi connectivity index (χ1) is 20.5. The van der Waals surface area contributed by atoms with Crippen molar-refractivity contribution >= 4 is 29.6 Å². The van der Waals surface area contributed by atoms with Gasteiger partial charge in [-0.2, -0.15) is 0 Å². The van der Waals surface area contributed by atoms with E-state index in [1.807, 2.05) is 101 Å². The SMILES string of the molecule is Cc1ccc(CNC(=O)N[C@@H](Cc2ccccc2)[C@H](O)C(=O)N2CSC(C)(C)[C@H]2C(=O)NCc2ccccc2C)c(C)c1. The molecule has 0 radical (unpaired) electrons. The minimum absolute atomic E-state index is 0.235. The van der Waals surface area contributed by atoms with Gasteiger partial charge < -0.3 is 26.0 Å². The quantitative estimate of drug-likeness (QED) is 0.275. The number of hydrogen-bond acceptors (Lipinski definition) is 5. The molecule has 43 heavy (non-hydrogen) atoms. The van der Waals surface area contributed by atoms with Gasteiger partial charge in [0.2, 0.25) is 5.91 Å². The Bertz CT molecular complexity index is 1450. The molecule has 1 aliphatic rings. The molecule has 1 heterocycles. The van der Waals surface area contributed by atoms with Crippen LogP contribution in [0.4, 0.5) is 4.79 Å². The molecule has 1 aliphatic heterocycles. The molecule has 1 fully saturated rings. The Morgan fingerprint density at radius 1 is 0.907 bits per heavy atom. The van der Waals surface area contributed by atoms with Crippen LogP contribution in [0.1, 0.15) is 47.2 Å². The molecule has 0 spiro atoms. The van der Waals surface area contributed by atoms with Gasteiger partial charge >= 0.3 is 6.03 Å². The first-order valence-electron chi connectivity index (χ1n) is 14.6. The maximum atomic E-state index is 13.9. The molecule has 0 aliphatic carbocycles. The van der Waals surface area contributed by atoms with Crippen LogP contribution in [0.25, 0.3) is 0 Å². The van der Waals surface area contributed by atoms with Gasteiger partial charge in [0.1, 0.15) is 6.04 Å². The minimum atomic E-state index is -1.56. The highest BCUT2D eigenvalue weighted by Crippen LogP contribution is 2.40. The molecule has 3 aromatic carbocycles. The number of hydrogen-bond donors (Lipinski definition) is 4. The molecule has 228 valence electrons. The summed E-state index contributed by atoms with van der Waals surface area (Å²) in [6, 6.07) is 21.0. The number of aliphatic hydroxyl groups excluding tert-OH is 1. The molecule has 3 atom stereocenters. The Labute approximate surface area is 258 Å². The van der Waals surface area contributed by atoms with E-state index in [9.17, 15) is 19.5 Å². The fraction of sp³-hybridized carbons (Fsp3) is 0.382. The third-order valence-corrected chi connectivity index (χ3v) is 9.35. The molecule has 0 bridgehead atoms. The van der Waals surface area contributed by atoms with Crippen molar-refractivity contribution in [3.8, 4) is 0 Å². The van der Waals surface area contributed by atoms with Gasteiger partial charge in [-0.05, 0) is 68.9 Å². The van der Waals surface area contributed by atoms with Crippen LogP contribution in [-0.2, 0) is 29.1 Å². The Morgan fingerprint density at radius 2 is 1.56 bits per heavy atom. The molecular weight excluding hydrogens is 560 g/mol. The monoisotopic (exact) mass is 602 g/mol. The van der Waals surface area contributed by atoms with Crippen LogP contribution < -0.4 is 16.0 Å². The van der Waals surface area contributed by atoms with E-state index in [-0.39, 0.29) is 18.2 Å². The maximum Gasteiger partial charge on any atom is 0.315 e. The van der Waals surface area contributed by atoms with Crippen molar-refractivity contribution in [3.63, 3.8) is 0 Å². The Balaban J connectivity index is 1.48. The summed E-state index contributed by atoms with van der Waals surface area (Å²) in [6.45, 7) is 10.5. The fourth-order valence-corrected chi connectivity index (χ4v) is 6.53. The summed E-state index contributed by atoms with van der Waals surface area (Å²) < 4.78 is -0.573. The highest BCUT2D eigenvalue weighted by Gasteiger charge is 2.49. The average molecular weight is 603 g/mol. The zero-order valence-corrected chi connectivity index (χ0v) is 26.3. The van der Waals surface area contributed by atoms with Crippen molar-refractivity contribution in [3.05, 3.63) is 106 Å². The second kappa shape index (κ2) is 14.1. The van der Waals surface area contributed by atoms with Crippen LogP contribution in [0.2, 0.25) is 0 Å². The number of urea groups is 1. The molecule has 8 nitrogen and oxygen atoms in total. The normalized spacial score (nSPS) is 17.2. The van der Waals surface area contributed by atoms with Crippen LogP contribution in [0, 0.1) is 20.8 Å². The molecule has 4 rings (SSSR count). The van der Waals surface area contributed by atoms with E-state index >= 15 is 0 Å². The smallest absolute Gasteiger partial charge is 0.315 e. The summed E-state index contributed by atoms with van der Waals surface area (Å²) in [6.07, 6.45) is -1.33. The van der Waals surface area contributed by atoms with Gasteiger partial charge in [0.05, 0.1) is 11.9 Å². The molecule has 1 saturated heterocycles. The number of benzene rings is 3. The lowest BCUT2D eigenvalue weighted by atomic mass is 9.97. The predicted octanol–water partition coefficient (Wildman–Crippen LogP) is 4.38. The summed E-state index contributed by atoms with van der Waals surface area (Å²) in [5, 5.41) is 20.1. The first kappa shape index (κ1) is 32.1. The van der Waals surface area contributed by atoms with Gasteiger partial charge in [-0.1, -0.05) is 78.4 Å². The average Bonchev–Trinajstić information content (AvgIpc) is 3.30. The zero-order valence-electron chi connectivity index (χ0n) is 25.5. The van der Waals surface area contributed by atoms with E-state index in [0.717, 1.165) is 33.4 Å². The van der Waals surface area contributed by atoms with E-state index in [0.29, 0.717) is 13.1 Å². The van der Waals surface area contributed by atoms with E-state index in [1.54, 1.807) is 0 Å². The number of aryl methyl sites for hydroxylation is 3. The Kier molecular flexibility index (Phi) is 10.5. The summed E-state index contributed by atoms with van der Waals surface area (Å²) in [5.74, 6) is -0.621. The van der Waals surface area contributed by atoms with Crippen molar-refractivity contribution in [2.24, 2.45) is 0 Å². The lowest BCUT2D eigenvalue weighted by Gasteiger charge is -2.33. The lowest BCUT2D eigenvalue weighted by Crippen LogP contribution is -2.59. The Morgan fingerprint density at radius 3 is 2.26 bits per heavy atom. The topological polar surface area (TPSA) is 111 Å². The number of thioether (sulfide) groups is 1. The number of aliphatic hydroxyl groups is 1. The summed E-state index contributed by atoms with van der Waals surface area (Å²) in [4.78, 5) is 41.8. The van der Waals surface area contributed by atoms with Crippen LogP contribution in [0.15, 0.2) is 72.8 Å². The molecule has 4 amide bonds. The molecule has 3 aromatic rings. The zero-order chi connectivity index (χ0) is 31.1. The number of rotatable bonds is 10. The van der Waals surface area contributed by atoms with Crippen molar-refractivity contribution in [1.29, 1.82) is 0 Å². The number of amides is 4. The van der Waals surface area contributed by atoms with Crippen LogP contribution in [0.5, 0.6) is 0 Å². The van der Waals surface area contributed by atoms with Gasteiger partial charge in [-0.25, -0.2) is 4.79 Å². The highest BCUT2D eigenvalue weighted by atomic mass is 32.2. The third kappa shape index (κ3) is 8.18. The molecule has 0 unspecified atom stereocenters.